The Hall–Kier alpha value is -3.09. The molecule has 1 fully saturated rings. The number of carbonyl (C=O) groups excluding carboxylic acids is 2. The lowest BCUT2D eigenvalue weighted by Crippen LogP contribution is -2.37. The molecule has 0 bridgehead atoms. The first kappa shape index (κ1) is 17.7. The number of hydrogen-bond acceptors (Lipinski definition) is 3. The van der Waals surface area contributed by atoms with Crippen LogP contribution in [0.1, 0.15) is 0 Å². The van der Waals surface area contributed by atoms with Crippen LogP contribution in [0.2, 0.25) is 0 Å². The van der Waals surface area contributed by atoms with E-state index in [9.17, 15) is 14.0 Å². The van der Waals surface area contributed by atoms with Crippen molar-refractivity contribution in [3.63, 3.8) is 0 Å². The number of benzene rings is 2. The monoisotopic (exact) mass is 356 g/mol. The fourth-order valence-corrected chi connectivity index (χ4v) is 2.84. The zero-order valence-corrected chi connectivity index (χ0v) is 14.8. The Morgan fingerprint density at radius 1 is 1.12 bits per heavy atom. The molecule has 0 spiro atoms. The second kappa shape index (κ2) is 7.43. The molecule has 136 valence electrons. The average molecular weight is 356 g/mol. The lowest BCUT2D eigenvalue weighted by Gasteiger charge is -2.19. The lowest BCUT2D eigenvalue weighted by atomic mass is 10.2. The summed E-state index contributed by atoms with van der Waals surface area (Å²) in [4.78, 5) is 29.4. The van der Waals surface area contributed by atoms with E-state index >= 15 is 0 Å². The highest BCUT2D eigenvalue weighted by atomic mass is 19.1. The van der Waals surface area contributed by atoms with Gasteiger partial charge in [0.2, 0.25) is 5.91 Å². The number of nitrogens with zero attached hydrogens (tertiary/aromatic N) is 3. The van der Waals surface area contributed by atoms with E-state index in [1.54, 1.807) is 18.2 Å². The Labute approximate surface area is 151 Å². The van der Waals surface area contributed by atoms with Gasteiger partial charge in [-0.3, -0.25) is 9.69 Å². The quantitative estimate of drug-likeness (QED) is 0.896. The average Bonchev–Trinajstić information content (AvgIpc) is 2.96. The van der Waals surface area contributed by atoms with E-state index in [2.05, 4.69) is 5.32 Å². The normalized spacial score (nSPS) is 13.9. The van der Waals surface area contributed by atoms with E-state index in [-0.39, 0.29) is 24.2 Å². The van der Waals surface area contributed by atoms with Crippen LogP contribution < -0.4 is 15.1 Å². The van der Waals surface area contributed by atoms with Gasteiger partial charge in [-0.1, -0.05) is 12.1 Å². The Morgan fingerprint density at radius 3 is 2.46 bits per heavy atom. The number of amides is 3. The van der Waals surface area contributed by atoms with Crippen molar-refractivity contribution < 1.29 is 14.0 Å². The molecule has 1 aliphatic heterocycles. The third-order valence-corrected chi connectivity index (χ3v) is 4.24. The number of carbonyl (C=O) groups is 2. The number of nitrogens with one attached hydrogen (secondary N) is 1. The van der Waals surface area contributed by atoms with E-state index in [1.807, 2.05) is 43.3 Å². The van der Waals surface area contributed by atoms with Gasteiger partial charge in [-0.05, 0) is 36.4 Å². The second-order valence-electron chi connectivity index (χ2n) is 6.30. The Morgan fingerprint density at radius 2 is 1.81 bits per heavy atom. The molecule has 3 amide bonds. The molecule has 0 saturated carbocycles. The summed E-state index contributed by atoms with van der Waals surface area (Å²) in [5, 5.41) is 2.78. The largest absolute Gasteiger partial charge is 0.378 e. The van der Waals surface area contributed by atoms with Gasteiger partial charge in [-0.15, -0.1) is 0 Å². The van der Waals surface area contributed by atoms with Crippen molar-refractivity contribution in [2.75, 3.05) is 48.8 Å². The van der Waals surface area contributed by atoms with Gasteiger partial charge in [0.15, 0.2) is 0 Å². The maximum Gasteiger partial charge on any atom is 0.325 e. The van der Waals surface area contributed by atoms with Crippen LogP contribution in [0.4, 0.5) is 26.2 Å². The smallest absolute Gasteiger partial charge is 0.325 e. The van der Waals surface area contributed by atoms with Crippen LogP contribution in [-0.4, -0.2) is 50.6 Å². The highest BCUT2D eigenvalue weighted by Gasteiger charge is 2.32. The fraction of sp³-hybridized carbons (Fsp3) is 0.263. The lowest BCUT2D eigenvalue weighted by molar-refractivity contribution is -0.116. The molecular formula is C19H21FN4O2. The minimum absolute atomic E-state index is 0.0702. The molecule has 0 atom stereocenters. The van der Waals surface area contributed by atoms with Crippen LogP contribution >= 0.6 is 0 Å². The number of anilines is 3. The van der Waals surface area contributed by atoms with Gasteiger partial charge in [-0.25, -0.2) is 9.18 Å². The number of rotatable bonds is 5. The van der Waals surface area contributed by atoms with E-state index in [0.29, 0.717) is 18.8 Å². The van der Waals surface area contributed by atoms with Crippen LogP contribution in [0.25, 0.3) is 0 Å². The van der Waals surface area contributed by atoms with E-state index < -0.39 is 5.82 Å². The van der Waals surface area contributed by atoms with Crippen molar-refractivity contribution in [1.29, 1.82) is 0 Å². The minimum Gasteiger partial charge on any atom is -0.378 e. The Balaban J connectivity index is 1.60. The predicted molar refractivity (Wildman–Crippen MR) is 100 cm³/mol. The second-order valence-corrected chi connectivity index (χ2v) is 6.30. The Kier molecular flexibility index (Phi) is 5.06. The first-order valence-electron chi connectivity index (χ1n) is 8.34. The molecule has 0 aliphatic carbocycles. The van der Waals surface area contributed by atoms with Crippen LogP contribution in [0, 0.1) is 5.82 Å². The summed E-state index contributed by atoms with van der Waals surface area (Å²) in [6.07, 6.45) is 0. The maximum atomic E-state index is 13.9. The van der Waals surface area contributed by atoms with Gasteiger partial charge in [0.25, 0.3) is 0 Å². The topological polar surface area (TPSA) is 55.9 Å². The summed E-state index contributed by atoms with van der Waals surface area (Å²) in [5.41, 5.74) is 1.93. The van der Waals surface area contributed by atoms with E-state index in [4.69, 9.17) is 0 Å². The van der Waals surface area contributed by atoms with Crippen molar-refractivity contribution >= 4 is 29.0 Å². The molecule has 0 aromatic heterocycles. The van der Waals surface area contributed by atoms with Crippen LogP contribution in [0.3, 0.4) is 0 Å². The number of urea groups is 1. The van der Waals surface area contributed by atoms with Crippen molar-refractivity contribution in [2.24, 2.45) is 0 Å². The maximum absolute atomic E-state index is 13.9. The van der Waals surface area contributed by atoms with Crippen molar-refractivity contribution in [1.82, 2.24) is 4.90 Å². The van der Waals surface area contributed by atoms with Gasteiger partial charge < -0.3 is 15.1 Å². The molecule has 26 heavy (non-hydrogen) atoms. The summed E-state index contributed by atoms with van der Waals surface area (Å²) in [6, 6.07) is 13.2. The van der Waals surface area contributed by atoms with Gasteiger partial charge in [0.1, 0.15) is 12.4 Å². The third kappa shape index (κ3) is 3.77. The number of para-hydroxylation sites is 1. The highest BCUT2D eigenvalue weighted by molar-refractivity contribution is 5.99. The van der Waals surface area contributed by atoms with Gasteiger partial charge in [0, 0.05) is 38.6 Å². The molecule has 1 aliphatic rings. The van der Waals surface area contributed by atoms with E-state index in [0.717, 1.165) is 5.69 Å². The van der Waals surface area contributed by atoms with Crippen LogP contribution in [0.5, 0.6) is 0 Å². The fourth-order valence-electron chi connectivity index (χ4n) is 2.84. The van der Waals surface area contributed by atoms with E-state index in [1.165, 1.54) is 15.9 Å². The molecule has 0 radical (unpaired) electrons. The van der Waals surface area contributed by atoms with Crippen LogP contribution in [0.15, 0.2) is 48.5 Å². The molecule has 6 nitrogen and oxygen atoms in total. The van der Waals surface area contributed by atoms with Gasteiger partial charge in [-0.2, -0.15) is 0 Å². The molecule has 0 unspecified atom stereocenters. The summed E-state index contributed by atoms with van der Waals surface area (Å²) < 4.78 is 13.9. The zero-order valence-electron chi connectivity index (χ0n) is 14.8. The molecule has 1 heterocycles. The molecule has 1 saturated heterocycles. The molecule has 2 aromatic carbocycles. The number of halogens is 1. The van der Waals surface area contributed by atoms with Crippen LogP contribution in [-0.2, 0) is 4.79 Å². The minimum atomic E-state index is -0.451. The number of hydrogen-bond donors (Lipinski definition) is 1. The van der Waals surface area contributed by atoms with Crippen molar-refractivity contribution in [3.8, 4) is 0 Å². The van der Waals surface area contributed by atoms with Crippen molar-refractivity contribution in [3.05, 3.63) is 54.3 Å². The summed E-state index contributed by atoms with van der Waals surface area (Å²) in [6.45, 7) is 0.657. The Bertz CT molecular complexity index is 807. The first-order valence-corrected chi connectivity index (χ1v) is 8.34. The van der Waals surface area contributed by atoms with Gasteiger partial charge in [0.05, 0.1) is 5.69 Å². The SMILES string of the molecule is CN(C)c1ccc(NC(=O)CN2CCN(c3ccccc3F)C2=O)cc1. The highest BCUT2D eigenvalue weighted by Crippen LogP contribution is 2.23. The first-order chi connectivity index (χ1) is 12.5. The zero-order chi connectivity index (χ0) is 18.7. The summed E-state index contributed by atoms with van der Waals surface area (Å²) >= 11 is 0. The van der Waals surface area contributed by atoms with Crippen molar-refractivity contribution in [2.45, 2.75) is 0 Å². The third-order valence-electron chi connectivity index (χ3n) is 4.24. The standard InChI is InChI=1S/C19H21FN4O2/c1-22(2)15-9-7-14(8-10-15)21-18(25)13-23-11-12-24(19(23)26)17-6-4-3-5-16(17)20/h3-10H,11-13H2,1-2H3,(H,21,25). The molecule has 3 rings (SSSR count). The van der Waals surface area contributed by atoms with Gasteiger partial charge >= 0.3 is 6.03 Å². The molecule has 1 N–H and O–H groups in total. The summed E-state index contributed by atoms with van der Waals surface area (Å²) in [5.74, 6) is -0.737. The summed E-state index contributed by atoms with van der Waals surface area (Å²) in [7, 11) is 3.88. The molecular weight excluding hydrogens is 335 g/mol. The molecule has 7 heteroatoms. The molecule has 2 aromatic rings. The predicted octanol–water partition coefficient (Wildman–Crippen LogP) is 2.77.